The summed E-state index contributed by atoms with van der Waals surface area (Å²) in [4.78, 5) is 19.8. The molecule has 0 fully saturated rings. The van der Waals surface area contributed by atoms with Crippen LogP contribution in [-0.4, -0.2) is 23.1 Å². The molecule has 2 aromatic carbocycles. The van der Waals surface area contributed by atoms with Crippen molar-refractivity contribution in [3.8, 4) is 0 Å². The van der Waals surface area contributed by atoms with Crippen molar-refractivity contribution in [2.75, 3.05) is 11.9 Å². The maximum Gasteiger partial charge on any atom is 0.246 e. The molecule has 0 saturated heterocycles. The van der Waals surface area contributed by atoms with Crippen molar-refractivity contribution in [2.45, 2.75) is 0 Å². The molecule has 2 heterocycles. The number of anilines is 1. The van der Waals surface area contributed by atoms with Crippen LogP contribution in [0.3, 0.4) is 0 Å². The van der Waals surface area contributed by atoms with E-state index in [0.717, 1.165) is 33.6 Å². The molecule has 2 N–H and O–H groups in total. The monoisotopic (exact) mass is 309 g/mol. The molecule has 1 aliphatic rings. The number of hydrogen-bond acceptors (Lipinski definition) is 2. The number of fused-ring (bicyclic) bond motifs is 3. The SMILES string of the molecule is O=C1CN=C(c2ccccc2)c2[nH]c3ccc(Cl)cc3c2N1. The summed E-state index contributed by atoms with van der Waals surface area (Å²) in [7, 11) is 0. The van der Waals surface area contributed by atoms with E-state index in [1.165, 1.54) is 0 Å². The highest BCUT2D eigenvalue weighted by Crippen LogP contribution is 2.32. The zero-order valence-corrected chi connectivity index (χ0v) is 12.3. The van der Waals surface area contributed by atoms with E-state index in [4.69, 9.17) is 11.6 Å². The van der Waals surface area contributed by atoms with Gasteiger partial charge >= 0.3 is 0 Å². The maximum atomic E-state index is 12.0. The van der Waals surface area contributed by atoms with E-state index in [-0.39, 0.29) is 12.5 Å². The van der Waals surface area contributed by atoms with Crippen molar-refractivity contribution in [3.05, 3.63) is 64.8 Å². The summed E-state index contributed by atoms with van der Waals surface area (Å²) in [6.45, 7) is 0.106. The second-order valence-corrected chi connectivity index (χ2v) is 5.58. The smallest absolute Gasteiger partial charge is 0.246 e. The van der Waals surface area contributed by atoms with Gasteiger partial charge in [-0.25, -0.2) is 0 Å². The summed E-state index contributed by atoms with van der Waals surface area (Å²) in [5, 5.41) is 4.45. The molecule has 0 radical (unpaired) electrons. The molecule has 5 heteroatoms. The fraction of sp³-hybridized carbons (Fsp3) is 0.0588. The van der Waals surface area contributed by atoms with Gasteiger partial charge in [-0.15, -0.1) is 0 Å². The number of nitrogens with one attached hydrogen (secondary N) is 2. The van der Waals surface area contributed by atoms with E-state index in [9.17, 15) is 4.79 Å². The molecule has 4 rings (SSSR count). The van der Waals surface area contributed by atoms with E-state index in [1.807, 2.05) is 48.5 Å². The van der Waals surface area contributed by atoms with Gasteiger partial charge in [-0.1, -0.05) is 41.9 Å². The van der Waals surface area contributed by atoms with Crippen LogP contribution in [0.15, 0.2) is 53.5 Å². The van der Waals surface area contributed by atoms with Gasteiger partial charge in [-0.2, -0.15) is 0 Å². The van der Waals surface area contributed by atoms with Crippen LogP contribution in [0.2, 0.25) is 5.02 Å². The zero-order chi connectivity index (χ0) is 15.1. The van der Waals surface area contributed by atoms with Gasteiger partial charge in [0.1, 0.15) is 6.54 Å². The van der Waals surface area contributed by atoms with Crippen LogP contribution in [0.1, 0.15) is 11.3 Å². The maximum absolute atomic E-state index is 12.0. The van der Waals surface area contributed by atoms with Gasteiger partial charge in [0.15, 0.2) is 0 Å². The Labute approximate surface area is 131 Å². The Hall–Kier alpha value is -2.59. The minimum atomic E-state index is -0.131. The fourth-order valence-corrected chi connectivity index (χ4v) is 2.88. The second kappa shape index (κ2) is 5.00. The first kappa shape index (κ1) is 13.1. The van der Waals surface area contributed by atoms with Gasteiger partial charge in [-0.3, -0.25) is 9.79 Å². The van der Waals surface area contributed by atoms with Crippen LogP contribution in [0.4, 0.5) is 5.69 Å². The van der Waals surface area contributed by atoms with Crippen molar-refractivity contribution in [1.82, 2.24) is 4.98 Å². The number of halogens is 1. The number of amides is 1. The van der Waals surface area contributed by atoms with Gasteiger partial charge in [0.05, 0.1) is 17.1 Å². The van der Waals surface area contributed by atoms with Crippen molar-refractivity contribution in [1.29, 1.82) is 0 Å². The van der Waals surface area contributed by atoms with Crippen LogP contribution >= 0.6 is 11.6 Å². The third-order valence-corrected chi connectivity index (χ3v) is 3.92. The molecule has 3 aromatic rings. The Balaban J connectivity index is 2.00. The molecular weight excluding hydrogens is 298 g/mol. The molecule has 1 aromatic heterocycles. The van der Waals surface area contributed by atoms with Gasteiger partial charge in [-0.05, 0) is 18.2 Å². The van der Waals surface area contributed by atoms with Gasteiger partial charge in [0, 0.05) is 21.5 Å². The number of carbonyl (C=O) groups excluding carboxylic acids is 1. The molecule has 0 unspecified atom stereocenters. The number of rotatable bonds is 1. The first-order valence-electron chi connectivity index (χ1n) is 6.94. The number of nitrogens with zero attached hydrogens (tertiary/aromatic N) is 1. The summed E-state index contributed by atoms with van der Waals surface area (Å²) in [6.07, 6.45) is 0. The third-order valence-electron chi connectivity index (χ3n) is 3.69. The Morgan fingerprint density at radius 3 is 2.73 bits per heavy atom. The van der Waals surface area contributed by atoms with E-state index in [2.05, 4.69) is 15.3 Å². The molecule has 0 spiro atoms. The molecule has 1 amide bonds. The minimum absolute atomic E-state index is 0.106. The minimum Gasteiger partial charge on any atom is -0.351 e. The summed E-state index contributed by atoms with van der Waals surface area (Å²) in [5.41, 5.74) is 4.22. The first-order valence-corrected chi connectivity index (χ1v) is 7.31. The Bertz CT molecular complexity index is 912. The van der Waals surface area contributed by atoms with Crippen molar-refractivity contribution < 1.29 is 4.79 Å². The Morgan fingerprint density at radius 1 is 1.09 bits per heavy atom. The van der Waals surface area contributed by atoms with E-state index in [1.54, 1.807) is 0 Å². The lowest BCUT2D eigenvalue weighted by Gasteiger charge is -2.05. The van der Waals surface area contributed by atoms with Gasteiger partial charge in [0.2, 0.25) is 5.91 Å². The lowest BCUT2D eigenvalue weighted by Crippen LogP contribution is -2.13. The standard InChI is InChI=1S/C17H12ClN3O/c18-11-6-7-13-12(8-11)16-17(20-13)15(19-9-14(22)21-16)10-4-2-1-3-5-10/h1-8,20H,9H2,(H,21,22). The number of aromatic nitrogens is 1. The molecule has 0 aliphatic carbocycles. The topological polar surface area (TPSA) is 57.2 Å². The van der Waals surface area contributed by atoms with Crippen LogP contribution < -0.4 is 5.32 Å². The second-order valence-electron chi connectivity index (χ2n) is 5.14. The third kappa shape index (κ3) is 2.09. The number of benzene rings is 2. The van der Waals surface area contributed by atoms with Gasteiger partial charge in [0.25, 0.3) is 0 Å². The Kier molecular flexibility index (Phi) is 2.98. The predicted molar refractivity (Wildman–Crippen MR) is 88.9 cm³/mol. The lowest BCUT2D eigenvalue weighted by molar-refractivity contribution is -0.114. The fourth-order valence-electron chi connectivity index (χ4n) is 2.71. The van der Waals surface area contributed by atoms with Crippen LogP contribution in [-0.2, 0) is 4.79 Å². The van der Waals surface area contributed by atoms with Crippen LogP contribution in [0, 0.1) is 0 Å². The van der Waals surface area contributed by atoms with E-state index in [0.29, 0.717) is 5.02 Å². The van der Waals surface area contributed by atoms with Gasteiger partial charge < -0.3 is 10.3 Å². The first-order chi connectivity index (χ1) is 10.7. The number of carbonyl (C=O) groups is 1. The van der Waals surface area contributed by atoms with Crippen LogP contribution in [0.5, 0.6) is 0 Å². The van der Waals surface area contributed by atoms with Crippen LogP contribution in [0.25, 0.3) is 10.9 Å². The average Bonchev–Trinajstić information content (AvgIpc) is 2.77. The highest BCUT2D eigenvalue weighted by atomic mass is 35.5. The quantitative estimate of drug-likeness (QED) is 0.709. The van der Waals surface area contributed by atoms with E-state index >= 15 is 0 Å². The highest BCUT2D eigenvalue weighted by molar-refractivity contribution is 6.32. The van der Waals surface area contributed by atoms with Crippen molar-refractivity contribution >= 4 is 39.8 Å². The normalized spacial score (nSPS) is 14.2. The summed E-state index contributed by atoms with van der Waals surface area (Å²) >= 11 is 6.09. The summed E-state index contributed by atoms with van der Waals surface area (Å²) in [5.74, 6) is -0.131. The molecule has 22 heavy (non-hydrogen) atoms. The number of hydrogen-bond donors (Lipinski definition) is 2. The largest absolute Gasteiger partial charge is 0.351 e. The summed E-state index contributed by atoms with van der Waals surface area (Å²) in [6, 6.07) is 15.4. The zero-order valence-electron chi connectivity index (χ0n) is 11.6. The molecule has 1 aliphatic heterocycles. The molecule has 108 valence electrons. The summed E-state index contributed by atoms with van der Waals surface area (Å²) < 4.78 is 0. The number of aromatic amines is 1. The number of aliphatic imine (C=N–C) groups is 1. The van der Waals surface area contributed by atoms with E-state index < -0.39 is 0 Å². The van der Waals surface area contributed by atoms with Crippen molar-refractivity contribution in [3.63, 3.8) is 0 Å². The van der Waals surface area contributed by atoms with Crippen molar-refractivity contribution in [2.24, 2.45) is 4.99 Å². The Morgan fingerprint density at radius 2 is 1.91 bits per heavy atom. The lowest BCUT2D eigenvalue weighted by atomic mass is 10.1. The average molecular weight is 310 g/mol. The highest BCUT2D eigenvalue weighted by Gasteiger charge is 2.22. The number of H-pyrrole nitrogens is 1. The molecule has 0 atom stereocenters. The molecule has 0 bridgehead atoms. The molecule has 4 nitrogen and oxygen atoms in total. The molecule has 0 saturated carbocycles. The molecular formula is C17H12ClN3O. The predicted octanol–water partition coefficient (Wildman–Crippen LogP) is 3.61.